The van der Waals surface area contributed by atoms with Crippen LogP contribution in [0.15, 0.2) is 42.5 Å². The Bertz CT molecular complexity index is 592. The highest BCUT2D eigenvalue weighted by Gasteiger charge is 2.20. The minimum Gasteiger partial charge on any atom is -0.507 e. The lowest BCUT2D eigenvalue weighted by Crippen LogP contribution is -2.11. The van der Waals surface area contributed by atoms with E-state index in [0.29, 0.717) is 5.75 Å². The van der Waals surface area contributed by atoms with Crippen LogP contribution in [0.25, 0.3) is 11.1 Å². The molecule has 0 aromatic heterocycles. The van der Waals surface area contributed by atoms with E-state index in [4.69, 9.17) is 0 Å². The summed E-state index contributed by atoms with van der Waals surface area (Å²) in [5.74, 6) is 0.387. The molecule has 0 atom stereocenters. The zero-order chi connectivity index (χ0) is 14.9. The molecule has 0 fully saturated rings. The molecule has 2 heteroatoms. The van der Waals surface area contributed by atoms with Crippen LogP contribution in [0.5, 0.6) is 5.75 Å². The van der Waals surface area contributed by atoms with Crippen molar-refractivity contribution in [2.45, 2.75) is 26.2 Å². The first-order chi connectivity index (χ1) is 9.30. The van der Waals surface area contributed by atoms with Gasteiger partial charge in [-0.3, -0.25) is 0 Å². The Morgan fingerprint density at radius 3 is 2.00 bits per heavy atom. The number of aromatic hydroxyl groups is 1. The van der Waals surface area contributed by atoms with Crippen molar-refractivity contribution >= 4 is 5.69 Å². The van der Waals surface area contributed by atoms with Crippen molar-refractivity contribution in [2.75, 3.05) is 19.0 Å². The first kappa shape index (κ1) is 14.4. The number of para-hydroxylation sites is 1. The second kappa shape index (κ2) is 5.20. The standard InChI is InChI=1S/C18H23NO/c1-18(2,3)16-8-6-7-15(17(16)20)13-9-11-14(12-10-13)19(4)5/h6-12,20H,1-5H3. The predicted octanol–water partition coefficient (Wildman–Crippen LogP) is 4.42. The van der Waals surface area contributed by atoms with Crippen molar-refractivity contribution in [3.05, 3.63) is 48.0 Å². The molecule has 20 heavy (non-hydrogen) atoms. The molecular weight excluding hydrogens is 246 g/mol. The van der Waals surface area contributed by atoms with Gasteiger partial charge in [-0.2, -0.15) is 0 Å². The molecule has 0 saturated carbocycles. The van der Waals surface area contributed by atoms with E-state index < -0.39 is 0 Å². The Morgan fingerprint density at radius 2 is 1.50 bits per heavy atom. The summed E-state index contributed by atoms with van der Waals surface area (Å²) in [5.41, 5.74) is 4.00. The number of nitrogens with zero attached hydrogens (tertiary/aromatic N) is 1. The topological polar surface area (TPSA) is 23.5 Å². The van der Waals surface area contributed by atoms with Gasteiger partial charge in [0.05, 0.1) is 0 Å². The molecule has 0 saturated heterocycles. The quantitative estimate of drug-likeness (QED) is 0.872. The molecule has 2 aromatic rings. The molecule has 2 aromatic carbocycles. The molecule has 2 rings (SSSR count). The summed E-state index contributed by atoms with van der Waals surface area (Å²) in [5, 5.41) is 10.5. The van der Waals surface area contributed by atoms with Gasteiger partial charge in [0.1, 0.15) is 5.75 Å². The van der Waals surface area contributed by atoms with Crippen LogP contribution in [0.3, 0.4) is 0 Å². The van der Waals surface area contributed by atoms with Gasteiger partial charge in [0, 0.05) is 25.3 Å². The fourth-order valence-corrected chi connectivity index (χ4v) is 2.32. The third-order valence-corrected chi connectivity index (χ3v) is 3.54. The lowest BCUT2D eigenvalue weighted by molar-refractivity contribution is 0.448. The molecule has 1 N–H and O–H groups in total. The molecule has 0 bridgehead atoms. The van der Waals surface area contributed by atoms with Gasteiger partial charge in [0.15, 0.2) is 0 Å². The lowest BCUT2D eigenvalue weighted by atomic mass is 9.84. The molecular formula is C18H23NO. The second-order valence-electron chi connectivity index (χ2n) is 6.39. The summed E-state index contributed by atoms with van der Waals surface area (Å²) < 4.78 is 0. The monoisotopic (exact) mass is 269 g/mol. The van der Waals surface area contributed by atoms with Crippen LogP contribution < -0.4 is 4.90 Å². The Balaban J connectivity index is 2.48. The Hall–Kier alpha value is -1.96. The first-order valence-electron chi connectivity index (χ1n) is 6.91. The number of hydrogen-bond acceptors (Lipinski definition) is 2. The SMILES string of the molecule is CN(C)c1ccc(-c2cccc(C(C)(C)C)c2O)cc1. The molecule has 0 spiro atoms. The van der Waals surface area contributed by atoms with Gasteiger partial charge < -0.3 is 10.0 Å². The average molecular weight is 269 g/mol. The van der Waals surface area contributed by atoms with Gasteiger partial charge in [-0.15, -0.1) is 0 Å². The lowest BCUT2D eigenvalue weighted by Gasteiger charge is -2.22. The van der Waals surface area contributed by atoms with E-state index in [0.717, 1.165) is 22.4 Å². The molecule has 2 nitrogen and oxygen atoms in total. The maximum Gasteiger partial charge on any atom is 0.127 e. The molecule has 0 unspecified atom stereocenters. The number of phenols is 1. The zero-order valence-corrected chi connectivity index (χ0v) is 12.9. The van der Waals surface area contributed by atoms with E-state index in [1.54, 1.807) is 0 Å². The highest BCUT2D eigenvalue weighted by molar-refractivity contribution is 5.73. The van der Waals surface area contributed by atoms with Crippen LogP contribution >= 0.6 is 0 Å². The fraction of sp³-hybridized carbons (Fsp3) is 0.333. The minimum absolute atomic E-state index is 0.0658. The van der Waals surface area contributed by atoms with Gasteiger partial charge in [0.2, 0.25) is 0 Å². The summed E-state index contributed by atoms with van der Waals surface area (Å²) in [6.07, 6.45) is 0. The molecule has 106 valence electrons. The average Bonchev–Trinajstić information content (AvgIpc) is 2.37. The number of phenolic OH excluding ortho intramolecular Hbond substituents is 1. The van der Waals surface area contributed by atoms with Gasteiger partial charge in [-0.25, -0.2) is 0 Å². The van der Waals surface area contributed by atoms with Crippen LogP contribution in [0, 0.1) is 0 Å². The summed E-state index contributed by atoms with van der Waals surface area (Å²) in [4.78, 5) is 2.06. The van der Waals surface area contributed by atoms with Gasteiger partial charge >= 0.3 is 0 Å². The summed E-state index contributed by atoms with van der Waals surface area (Å²) in [6.45, 7) is 6.34. The molecule has 0 aliphatic heterocycles. The molecule has 0 heterocycles. The fourth-order valence-electron chi connectivity index (χ4n) is 2.32. The highest BCUT2D eigenvalue weighted by Crippen LogP contribution is 2.38. The van der Waals surface area contributed by atoms with E-state index in [9.17, 15) is 5.11 Å². The summed E-state index contributed by atoms with van der Waals surface area (Å²) in [7, 11) is 4.04. The van der Waals surface area contributed by atoms with Gasteiger partial charge in [-0.05, 0) is 28.7 Å². The Morgan fingerprint density at radius 1 is 0.900 bits per heavy atom. The van der Waals surface area contributed by atoms with Crippen molar-refractivity contribution in [1.82, 2.24) is 0 Å². The van der Waals surface area contributed by atoms with Crippen LogP contribution in [0.4, 0.5) is 5.69 Å². The van der Waals surface area contributed by atoms with E-state index >= 15 is 0 Å². The van der Waals surface area contributed by atoms with Crippen LogP contribution in [0.2, 0.25) is 0 Å². The third-order valence-electron chi connectivity index (χ3n) is 3.54. The predicted molar refractivity (Wildman–Crippen MR) is 86.6 cm³/mol. The zero-order valence-electron chi connectivity index (χ0n) is 12.9. The third kappa shape index (κ3) is 2.79. The summed E-state index contributed by atoms with van der Waals surface area (Å²) >= 11 is 0. The van der Waals surface area contributed by atoms with E-state index in [2.05, 4.69) is 49.9 Å². The maximum atomic E-state index is 10.5. The van der Waals surface area contributed by atoms with Crippen molar-refractivity contribution in [3.63, 3.8) is 0 Å². The molecule has 0 amide bonds. The van der Waals surface area contributed by atoms with Crippen LogP contribution in [0.1, 0.15) is 26.3 Å². The first-order valence-corrected chi connectivity index (χ1v) is 6.91. The minimum atomic E-state index is -0.0658. The smallest absolute Gasteiger partial charge is 0.127 e. The number of rotatable bonds is 2. The largest absolute Gasteiger partial charge is 0.507 e. The van der Waals surface area contributed by atoms with Crippen LogP contribution in [-0.2, 0) is 5.41 Å². The second-order valence-corrected chi connectivity index (χ2v) is 6.39. The number of anilines is 1. The number of hydrogen-bond donors (Lipinski definition) is 1. The molecule has 0 aliphatic rings. The van der Waals surface area contributed by atoms with Crippen molar-refractivity contribution in [2.24, 2.45) is 0 Å². The molecule has 0 radical (unpaired) electrons. The van der Waals surface area contributed by atoms with E-state index in [-0.39, 0.29) is 5.41 Å². The van der Waals surface area contributed by atoms with E-state index in [1.165, 1.54) is 0 Å². The summed E-state index contributed by atoms with van der Waals surface area (Å²) in [6, 6.07) is 14.2. The van der Waals surface area contributed by atoms with Crippen molar-refractivity contribution in [1.29, 1.82) is 0 Å². The molecule has 0 aliphatic carbocycles. The Kier molecular flexibility index (Phi) is 3.76. The maximum absolute atomic E-state index is 10.5. The van der Waals surface area contributed by atoms with Crippen molar-refractivity contribution < 1.29 is 5.11 Å². The van der Waals surface area contributed by atoms with Crippen LogP contribution in [-0.4, -0.2) is 19.2 Å². The van der Waals surface area contributed by atoms with Crippen molar-refractivity contribution in [3.8, 4) is 16.9 Å². The normalized spacial score (nSPS) is 11.4. The Labute approximate surface area is 121 Å². The van der Waals surface area contributed by atoms with Gasteiger partial charge in [0.25, 0.3) is 0 Å². The van der Waals surface area contributed by atoms with Gasteiger partial charge in [-0.1, -0.05) is 51.1 Å². The number of benzene rings is 2. The highest BCUT2D eigenvalue weighted by atomic mass is 16.3. The van der Waals surface area contributed by atoms with E-state index in [1.807, 2.05) is 32.3 Å².